The number of benzene rings is 2. The Morgan fingerprint density at radius 1 is 1.21 bits per heavy atom. The summed E-state index contributed by atoms with van der Waals surface area (Å²) in [6.45, 7) is 6.09. The van der Waals surface area contributed by atoms with Gasteiger partial charge < -0.3 is 4.74 Å². The Balaban J connectivity index is 0.00000306. The summed E-state index contributed by atoms with van der Waals surface area (Å²) < 4.78 is 29.9. The molecule has 11 heteroatoms. The van der Waals surface area contributed by atoms with Gasteiger partial charge in [-0.15, -0.1) is 12.4 Å². The molecule has 0 saturated carbocycles. The van der Waals surface area contributed by atoms with Gasteiger partial charge in [0.15, 0.2) is 15.0 Å². The lowest BCUT2D eigenvalue weighted by molar-refractivity contribution is 0.0391. The molecule has 0 radical (unpaired) electrons. The van der Waals surface area contributed by atoms with E-state index in [0.717, 1.165) is 35.1 Å². The molecule has 3 aromatic rings. The van der Waals surface area contributed by atoms with Gasteiger partial charge in [-0.3, -0.25) is 14.6 Å². The molecule has 2 heterocycles. The van der Waals surface area contributed by atoms with Crippen molar-refractivity contribution in [3.63, 3.8) is 0 Å². The largest absolute Gasteiger partial charge is 0.379 e. The summed E-state index contributed by atoms with van der Waals surface area (Å²) in [6, 6.07) is 9.75. The van der Waals surface area contributed by atoms with Gasteiger partial charge >= 0.3 is 0 Å². The molecule has 0 N–H and O–H groups in total. The first-order valence-corrected chi connectivity index (χ1v) is 13.3. The maximum atomic E-state index is 13.5. The minimum Gasteiger partial charge on any atom is -0.379 e. The van der Waals surface area contributed by atoms with Crippen LogP contribution in [0.3, 0.4) is 0 Å². The molecule has 0 bridgehead atoms. The lowest BCUT2D eigenvalue weighted by Crippen LogP contribution is -2.43. The van der Waals surface area contributed by atoms with Gasteiger partial charge in [-0.1, -0.05) is 22.9 Å². The van der Waals surface area contributed by atoms with E-state index in [4.69, 9.17) is 21.3 Å². The number of hydrogen-bond donors (Lipinski definition) is 0. The first-order valence-electron chi connectivity index (χ1n) is 10.2. The second-order valence-corrected chi connectivity index (χ2v) is 11.2. The van der Waals surface area contributed by atoms with Crippen LogP contribution < -0.4 is 4.90 Å². The Bertz CT molecular complexity index is 1240. The number of aryl methyl sites for hydroxylation is 1. The van der Waals surface area contributed by atoms with Gasteiger partial charge in [-0.2, -0.15) is 0 Å². The zero-order chi connectivity index (χ0) is 22.9. The third-order valence-electron chi connectivity index (χ3n) is 5.39. The third-order valence-corrected chi connectivity index (χ3v) is 7.76. The fourth-order valence-corrected chi connectivity index (χ4v) is 5.68. The van der Waals surface area contributed by atoms with E-state index < -0.39 is 9.84 Å². The van der Waals surface area contributed by atoms with E-state index in [1.807, 2.05) is 19.1 Å². The Labute approximate surface area is 208 Å². The van der Waals surface area contributed by atoms with Crippen LogP contribution in [-0.4, -0.2) is 69.9 Å². The van der Waals surface area contributed by atoms with E-state index in [9.17, 15) is 13.2 Å². The van der Waals surface area contributed by atoms with Gasteiger partial charge in [0.05, 0.1) is 28.3 Å². The number of nitrogens with zero attached hydrogens (tertiary/aromatic N) is 3. The number of rotatable bonds is 6. The monoisotopic (exact) mass is 529 g/mol. The molecule has 1 amide bonds. The van der Waals surface area contributed by atoms with Crippen LogP contribution in [-0.2, 0) is 14.6 Å². The highest BCUT2D eigenvalue weighted by molar-refractivity contribution is 7.90. The second kappa shape index (κ2) is 10.7. The van der Waals surface area contributed by atoms with Crippen molar-refractivity contribution in [2.24, 2.45) is 0 Å². The van der Waals surface area contributed by atoms with Crippen LogP contribution in [0.1, 0.15) is 15.9 Å². The molecule has 0 aliphatic carbocycles. The summed E-state index contributed by atoms with van der Waals surface area (Å²) in [4.78, 5) is 22.3. The molecule has 1 aromatic heterocycles. The standard InChI is InChI=1S/C22H24ClN3O4S2.ClH/c1-15-13-17(23)14-19-20(15)24-22(31-19)26(8-7-25-9-11-30-12-10-25)21(27)16-3-5-18(6-4-16)32(2,28)29;/h3-6,13-14H,7-12H2,1-2H3;1H. The highest BCUT2D eigenvalue weighted by Crippen LogP contribution is 2.33. The summed E-state index contributed by atoms with van der Waals surface area (Å²) >= 11 is 7.64. The predicted octanol–water partition coefficient (Wildman–Crippen LogP) is 4.06. The number of morpholine rings is 1. The molecule has 1 saturated heterocycles. The fraction of sp³-hybridized carbons (Fsp3) is 0.364. The number of aromatic nitrogens is 1. The molecule has 7 nitrogen and oxygen atoms in total. The number of carbonyl (C=O) groups excluding carboxylic acids is 1. The molecule has 1 fully saturated rings. The average Bonchev–Trinajstić information content (AvgIpc) is 3.18. The second-order valence-electron chi connectivity index (χ2n) is 7.77. The number of anilines is 1. The van der Waals surface area contributed by atoms with Gasteiger partial charge in [-0.05, 0) is 48.9 Å². The van der Waals surface area contributed by atoms with Crippen molar-refractivity contribution in [1.29, 1.82) is 0 Å². The van der Waals surface area contributed by atoms with Crippen LogP contribution >= 0.6 is 35.3 Å². The SMILES string of the molecule is Cc1cc(Cl)cc2sc(N(CCN3CCOCC3)C(=O)c3ccc(S(C)(=O)=O)cc3)nc12.Cl. The van der Waals surface area contributed by atoms with Crippen LogP contribution in [0.15, 0.2) is 41.3 Å². The van der Waals surface area contributed by atoms with Crippen LogP contribution in [0.25, 0.3) is 10.2 Å². The summed E-state index contributed by atoms with van der Waals surface area (Å²) in [5.41, 5.74) is 2.19. The first-order chi connectivity index (χ1) is 15.2. The van der Waals surface area contributed by atoms with Crippen molar-refractivity contribution in [2.45, 2.75) is 11.8 Å². The molecule has 1 aliphatic heterocycles. The smallest absolute Gasteiger partial charge is 0.260 e. The minimum atomic E-state index is -3.33. The molecule has 2 aromatic carbocycles. The quantitative estimate of drug-likeness (QED) is 0.478. The summed E-state index contributed by atoms with van der Waals surface area (Å²) in [5.74, 6) is -0.221. The molecular formula is C22H25Cl2N3O4S2. The van der Waals surface area contributed by atoms with E-state index in [-0.39, 0.29) is 23.2 Å². The molecule has 0 unspecified atom stereocenters. The van der Waals surface area contributed by atoms with Crippen molar-refractivity contribution in [3.05, 3.63) is 52.5 Å². The lowest BCUT2D eigenvalue weighted by atomic mass is 10.2. The van der Waals surface area contributed by atoms with Crippen molar-refractivity contribution < 1.29 is 17.9 Å². The Kier molecular flexibility index (Phi) is 8.36. The molecule has 178 valence electrons. The first kappa shape index (κ1) is 25.9. The lowest BCUT2D eigenvalue weighted by Gasteiger charge is -2.29. The number of fused-ring (bicyclic) bond motifs is 1. The van der Waals surface area contributed by atoms with Crippen molar-refractivity contribution in [1.82, 2.24) is 9.88 Å². The number of sulfone groups is 1. The highest BCUT2D eigenvalue weighted by Gasteiger charge is 2.24. The van der Waals surface area contributed by atoms with Crippen molar-refractivity contribution >= 4 is 66.4 Å². The topological polar surface area (TPSA) is 79.8 Å². The normalized spacial score (nSPS) is 14.8. The number of carbonyl (C=O) groups is 1. The Morgan fingerprint density at radius 3 is 2.52 bits per heavy atom. The maximum absolute atomic E-state index is 13.5. The molecule has 0 atom stereocenters. The highest BCUT2D eigenvalue weighted by atomic mass is 35.5. The minimum absolute atomic E-state index is 0. The molecule has 1 aliphatic rings. The van der Waals surface area contributed by atoms with Crippen molar-refractivity contribution in [2.75, 3.05) is 50.5 Å². The number of ether oxygens (including phenoxy) is 1. The fourth-order valence-electron chi connectivity index (χ4n) is 3.61. The summed E-state index contributed by atoms with van der Waals surface area (Å²) in [5, 5.41) is 1.23. The van der Waals surface area contributed by atoms with E-state index in [1.54, 1.807) is 17.0 Å². The molecule has 0 spiro atoms. The molecular weight excluding hydrogens is 505 g/mol. The van der Waals surface area contributed by atoms with Crippen LogP contribution in [0.5, 0.6) is 0 Å². The zero-order valence-electron chi connectivity index (χ0n) is 18.3. The van der Waals surface area contributed by atoms with E-state index in [2.05, 4.69) is 4.90 Å². The van der Waals surface area contributed by atoms with Gasteiger partial charge in [0.2, 0.25) is 0 Å². The van der Waals surface area contributed by atoms with E-state index in [0.29, 0.717) is 42.0 Å². The Hall–Kier alpha value is -1.75. The van der Waals surface area contributed by atoms with Gasteiger partial charge in [-0.25, -0.2) is 13.4 Å². The van der Waals surface area contributed by atoms with E-state index in [1.165, 1.54) is 23.5 Å². The average molecular weight is 530 g/mol. The summed E-state index contributed by atoms with van der Waals surface area (Å²) in [6.07, 6.45) is 1.15. The predicted molar refractivity (Wildman–Crippen MR) is 135 cm³/mol. The summed E-state index contributed by atoms with van der Waals surface area (Å²) in [7, 11) is -3.33. The molecule has 4 rings (SSSR count). The van der Waals surface area contributed by atoms with Gasteiger partial charge in [0.1, 0.15) is 0 Å². The van der Waals surface area contributed by atoms with E-state index >= 15 is 0 Å². The van der Waals surface area contributed by atoms with Gasteiger partial charge in [0, 0.05) is 43.0 Å². The maximum Gasteiger partial charge on any atom is 0.260 e. The number of amides is 1. The van der Waals surface area contributed by atoms with Crippen LogP contribution in [0.4, 0.5) is 5.13 Å². The third kappa shape index (κ3) is 6.03. The number of hydrogen-bond acceptors (Lipinski definition) is 7. The van der Waals surface area contributed by atoms with Crippen molar-refractivity contribution in [3.8, 4) is 0 Å². The number of halogens is 2. The van der Waals surface area contributed by atoms with Crippen LogP contribution in [0, 0.1) is 6.92 Å². The van der Waals surface area contributed by atoms with Gasteiger partial charge in [0.25, 0.3) is 5.91 Å². The Morgan fingerprint density at radius 2 is 1.88 bits per heavy atom. The molecule has 33 heavy (non-hydrogen) atoms. The number of thiazole rings is 1. The zero-order valence-corrected chi connectivity index (χ0v) is 21.5. The van der Waals surface area contributed by atoms with Crippen LogP contribution in [0.2, 0.25) is 5.02 Å².